The Hall–Kier alpha value is -10.9. The van der Waals surface area contributed by atoms with Crippen molar-refractivity contribution >= 4 is 109 Å². The molecular weight excluding hydrogens is 1410 g/mol. The summed E-state index contributed by atoms with van der Waals surface area (Å²) >= 11 is -0.750. The molecule has 0 saturated carbocycles. The third-order valence-electron chi connectivity index (χ3n) is 16.8. The first-order chi connectivity index (χ1) is 49.6. The average molecular weight is 1510 g/mol. The fourth-order valence-corrected chi connectivity index (χ4v) is 14.0. The Bertz CT molecular complexity index is 5380. The third-order valence-corrected chi connectivity index (χ3v) is 19.1. The van der Waals surface area contributed by atoms with Crippen LogP contribution in [0.25, 0.3) is 66.8 Å². The Labute approximate surface area is 627 Å². The zero-order valence-corrected chi connectivity index (χ0v) is 63.6. The molecule has 0 fully saturated rings. The highest BCUT2D eigenvalue weighted by molar-refractivity contribution is 7.92. The Kier molecular flexibility index (Phi) is 29.5. The zero-order chi connectivity index (χ0) is 75.8. The second kappa shape index (κ2) is 37.2. The molecule has 2 aliphatic heterocycles. The molecular formula is C84H92N6O12S4. The summed E-state index contributed by atoms with van der Waals surface area (Å²) in [5.41, 5.74) is 20.5. The van der Waals surface area contributed by atoms with Gasteiger partial charge in [0.1, 0.15) is 42.9 Å². The molecule has 2 aliphatic carbocycles. The second-order valence-corrected chi connectivity index (χ2v) is 28.6. The summed E-state index contributed by atoms with van der Waals surface area (Å²) in [4.78, 5) is 6.49. The summed E-state index contributed by atoms with van der Waals surface area (Å²) < 4.78 is 128. The van der Waals surface area contributed by atoms with E-state index in [2.05, 4.69) is 135 Å². The molecule has 9 aromatic rings. The standard InChI is InChI=1S/2C35H30N2O4S.C8H12N2O2S.2C2H6.2CH4.O2S/c2*1-21-9-7-10-22(2)34(21)36-25-15-17-27-30(19-25)41-31-20-26(37-35-23(3)11-8-12-24(35)4)16-18-28(31)33(27)29-13-5-6-14-32(29)42(38,39)40;1-9-7-4-3-5-8(6-7)10-13(2,11)12;2*1-2;;;1-3-2/h2*5-20,36H,1-4H3,(H,38,39,40);3-6,9-10H,1-2H3;2*1-2H3;2*1H4;. The van der Waals surface area contributed by atoms with Crippen molar-refractivity contribution in [1.82, 2.24) is 0 Å². The van der Waals surface area contributed by atoms with Gasteiger partial charge in [0.05, 0.1) is 33.9 Å². The van der Waals surface area contributed by atoms with E-state index in [9.17, 15) is 34.4 Å². The molecule has 0 bridgehead atoms. The average Bonchev–Trinajstić information content (AvgIpc) is 0.748. The van der Waals surface area contributed by atoms with Gasteiger partial charge in [0.25, 0.3) is 0 Å². The number of rotatable bonds is 13. The molecule has 0 atom stereocenters. The Morgan fingerprint density at radius 1 is 0.377 bits per heavy atom. The molecule has 0 aromatic heterocycles. The van der Waals surface area contributed by atoms with Crippen LogP contribution in [0.1, 0.15) is 87.1 Å². The quantitative estimate of drug-likeness (QED) is 0.0462. The molecule has 2 heterocycles. The van der Waals surface area contributed by atoms with Crippen molar-refractivity contribution in [2.45, 2.75) is 108 Å². The van der Waals surface area contributed by atoms with Crippen molar-refractivity contribution in [3.63, 3.8) is 0 Å². The summed E-state index contributed by atoms with van der Waals surface area (Å²) in [5, 5.41) is 13.0. The van der Waals surface area contributed by atoms with Crippen molar-refractivity contribution in [3.05, 3.63) is 274 Å². The van der Waals surface area contributed by atoms with Crippen LogP contribution < -0.4 is 41.4 Å². The maximum absolute atomic E-state index is 12.3. The van der Waals surface area contributed by atoms with Crippen LogP contribution in [0.4, 0.5) is 45.5 Å². The molecule has 0 spiro atoms. The molecule has 106 heavy (non-hydrogen) atoms. The molecule has 13 rings (SSSR count). The summed E-state index contributed by atoms with van der Waals surface area (Å²) in [6.45, 7) is 24.4. The molecule has 0 saturated heterocycles. The highest BCUT2D eigenvalue weighted by Gasteiger charge is 2.25. The van der Waals surface area contributed by atoms with E-state index in [1.807, 2.05) is 131 Å². The van der Waals surface area contributed by atoms with Crippen LogP contribution in [0.15, 0.2) is 237 Å². The van der Waals surface area contributed by atoms with E-state index in [-0.39, 0.29) is 24.6 Å². The normalized spacial score (nSPS) is 11.3. The molecule has 0 amide bonds. The lowest BCUT2D eigenvalue weighted by Crippen LogP contribution is -2.71. The lowest BCUT2D eigenvalue weighted by Gasteiger charge is -2.19. The number of anilines is 6. The fraction of sp³-hybridized carbons (Fsp3) is 0.190. The van der Waals surface area contributed by atoms with E-state index in [0.717, 1.165) is 101 Å². The number of hydrogen-bond donors (Lipinski definition) is 6. The summed E-state index contributed by atoms with van der Waals surface area (Å²) in [6, 6.07) is 67.2. The van der Waals surface area contributed by atoms with Gasteiger partial charge in [-0.1, -0.05) is 158 Å². The van der Waals surface area contributed by atoms with Gasteiger partial charge in [0.2, 0.25) is 32.1 Å². The van der Waals surface area contributed by atoms with Gasteiger partial charge in [-0.25, -0.2) is 35.2 Å². The number of nitrogens with one attached hydrogen (secondary N) is 6. The van der Waals surface area contributed by atoms with Crippen LogP contribution >= 0.6 is 0 Å². The summed E-state index contributed by atoms with van der Waals surface area (Å²) in [6.07, 6.45) is 1.12. The number of benzene rings is 11. The zero-order valence-electron chi connectivity index (χ0n) is 60.3. The van der Waals surface area contributed by atoms with Crippen LogP contribution in [0, 0.1) is 55.4 Å². The molecule has 9 aromatic carbocycles. The number of sulfonamides is 1. The third kappa shape index (κ3) is 20.6. The SMILES string of the molecule is C.C.CC.CC.CNc1cccc(NS(C)(=O)=O)c1.Cc1cccc(C)c1Nc1ccc2c(-c3ccccc3S(=O)(=O)[O-])c3ccc(=[NH+]c4c(C)cccc4C)cc-3oc2c1.Cc1cccc(C)c1Nc1ccc2c(-c3ccccc3S(=O)(=O)[O-])c3ccc(=[NH+]c4c(C)cccc4C)cc-3oc2c1.O=S=O. The van der Waals surface area contributed by atoms with Gasteiger partial charge in [0.15, 0.2) is 0 Å². The summed E-state index contributed by atoms with van der Waals surface area (Å²) in [7, 11) is -10.9. The van der Waals surface area contributed by atoms with E-state index in [4.69, 9.17) is 17.3 Å². The van der Waals surface area contributed by atoms with E-state index in [0.29, 0.717) is 72.5 Å². The van der Waals surface area contributed by atoms with Gasteiger partial charge < -0.3 is 33.9 Å². The first kappa shape index (κ1) is 84.1. The lowest BCUT2D eigenvalue weighted by atomic mass is 9.93. The van der Waals surface area contributed by atoms with Gasteiger partial charge in [-0.05, 0) is 144 Å². The predicted molar refractivity (Wildman–Crippen MR) is 430 cm³/mol. The van der Waals surface area contributed by atoms with Crippen molar-refractivity contribution in [3.8, 4) is 44.9 Å². The van der Waals surface area contributed by atoms with Gasteiger partial charge in [0, 0.05) is 126 Å². The topological polar surface area (TPSA) is 285 Å². The van der Waals surface area contributed by atoms with Gasteiger partial charge in [-0.15, -0.1) is 0 Å². The second-order valence-electron chi connectivity index (χ2n) is 24.0. The molecule has 4 aliphatic rings. The maximum atomic E-state index is 12.3. The highest BCUT2D eigenvalue weighted by Crippen LogP contribution is 2.45. The van der Waals surface area contributed by atoms with Crippen molar-refractivity contribution in [1.29, 1.82) is 0 Å². The number of aryl methyl sites for hydroxylation is 8. The maximum Gasteiger partial charge on any atom is 0.335 e. The molecule has 0 radical (unpaired) electrons. The monoisotopic (exact) mass is 1500 g/mol. The van der Waals surface area contributed by atoms with Crippen molar-refractivity contribution < 1.29 is 61.6 Å². The number of para-hydroxylation sites is 4. The minimum absolute atomic E-state index is 0. The van der Waals surface area contributed by atoms with Gasteiger partial charge in [-0.2, -0.15) is 8.42 Å². The molecule has 18 nitrogen and oxygen atoms in total. The summed E-state index contributed by atoms with van der Waals surface area (Å²) in [5.74, 6) is 1.10. The van der Waals surface area contributed by atoms with Gasteiger partial charge in [-0.3, -0.25) is 4.72 Å². The Balaban J connectivity index is 0.000000261. The van der Waals surface area contributed by atoms with Crippen LogP contribution in [0.5, 0.6) is 0 Å². The first-order valence-corrected chi connectivity index (χ1v) is 38.8. The lowest BCUT2D eigenvalue weighted by molar-refractivity contribution is -0.404. The van der Waals surface area contributed by atoms with Crippen LogP contribution in [-0.4, -0.2) is 56.1 Å². The molecule has 0 unspecified atom stereocenters. The van der Waals surface area contributed by atoms with Crippen LogP contribution in [0.2, 0.25) is 0 Å². The molecule has 6 N–H and O–H groups in total. The molecule has 554 valence electrons. The van der Waals surface area contributed by atoms with Crippen LogP contribution in [-0.2, 0) is 41.8 Å². The smallest absolute Gasteiger partial charge is 0.335 e. The predicted octanol–water partition coefficient (Wildman–Crippen LogP) is 16.6. The van der Waals surface area contributed by atoms with E-state index in [1.165, 1.54) is 12.1 Å². The Morgan fingerprint density at radius 2 is 0.708 bits per heavy atom. The van der Waals surface area contributed by atoms with E-state index < -0.39 is 41.8 Å². The largest absolute Gasteiger partial charge is 0.744 e. The van der Waals surface area contributed by atoms with Crippen LogP contribution in [0.3, 0.4) is 0 Å². The van der Waals surface area contributed by atoms with Crippen molar-refractivity contribution in [2.24, 2.45) is 0 Å². The van der Waals surface area contributed by atoms with Gasteiger partial charge >= 0.3 is 11.6 Å². The first-order valence-electron chi connectivity index (χ1n) is 33.4. The molecule has 22 heteroatoms. The minimum atomic E-state index is -4.74. The number of hydrogen-bond acceptors (Lipinski definition) is 15. The minimum Gasteiger partial charge on any atom is -0.744 e. The van der Waals surface area contributed by atoms with E-state index >= 15 is 0 Å². The highest BCUT2D eigenvalue weighted by atomic mass is 32.2. The van der Waals surface area contributed by atoms with Crippen molar-refractivity contribution in [2.75, 3.05) is 34.0 Å². The fourth-order valence-electron chi connectivity index (χ4n) is 12.0. The number of fused-ring (bicyclic) bond motifs is 4. The Morgan fingerprint density at radius 3 is 1.05 bits per heavy atom. The van der Waals surface area contributed by atoms with E-state index in [1.54, 1.807) is 61.6 Å².